The van der Waals surface area contributed by atoms with E-state index in [4.69, 9.17) is 5.73 Å². The molecule has 0 radical (unpaired) electrons. The molecule has 0 heterocycles. The molecule has 1 saturated carbocycles. The molecule has 3 nitrogen and oxygen atoms in total. The van der Waals surface area contributed by atoms with Crippen LogP contribution in [0.2, 0.25) is 0 Å². The molecule has 0 aromatic heterocycles. The summed E-state index contributed by atoms with van der Waals surface area (Å²) in [6.07, 6.45) is 3.74. The van der Waals surface area contributed by atoms with Crippen LogP contribution in [0.5, 0.6) is 0 Å². The van der Waals surface area contributed by atoms with Crippen LogP contribution in [0, 0.1) is 0 Å². The Bertz CT molecular complexity index is 152. The van der Waals surface area contributed by atoms with Crippen LogP contribution in [-0.4, -0.2) is 18.0 Å². The summed E-state index contributed by atoms with van der Waals surface area (Å²) in [5.41, 5.74) is 5.89. The van der Waals surface area contributed by atoms with Crippen LogP contribution in [0.1, 0.15) is 32.6 Å². The summed E-state index contributed by atoms with van der Waals surface area (Å²) in [5.74, 6) is 0.120. The minimum atomic E-state index is 0.0705. The number of nitrogens with two attached hydrogens (primary N) is 1. The predicted octanol–water partition coefficient (Wildman–Crippen LogP) is 0.394. The molecular weight excluding hydrogens is 140 g/mol. The van der Waals surface area contributed by atoms with Gasteiger partial charge in [0.1, 0.15) is 0 Å². The van der Waals surface area contributed by atoms with Gasteiger partial charge in [-0.2, -0.15) is 0 Å². The third-order valence-electron chi connectivity index (χ3n) is 2.16. The fourth-order valence-electron chi connectivity index (χ4n) is 0.986. The van der Waals surface area contributed by atoms with E-state index in [0.29, 0.717) is 6.42 Å². The van der Waals surface area contributed by atoms with Crippen molar-refractivity contribution in [1.29, 1.82) is 0 Å². The Kier molecular flexibility index (Phi) is 2.49. The lowest BCUT2D eigenvalue weighted by atomic mass is 10.2. The summed E-state index contributed by atoms with van der Waals surface area (Å²) in [6, 6.07) is 0. The third-order valence-corrected chi connectivity index (χ3v) is 2.16. The topological polar surface area (TPSA) is 55.1 Å². The summed E-state index contributed by atoms with van der Waals surface area (Å²) >= 11 is 0. The van der Waals surface area contributed by atoms with E-state index in [0.717, 1.165) is 25.8 Å². The van der Waals surface area contributed by atoms with E-state index in [9.17, 15) is 4.79 Å². The summed E-state index contributed by atoms with van der Waals surface area (Å²) in [5, 5.41) is 2.81. The first-order valence-electron chi connectivity index (χ1n) is 4.22. The maximum atomic E-state index is 10.8. The maximum Gasteiger partial charge on any atom is 0.219 e. The van der Waals surface area contributed by atoms with E-state index >= 15 is 0 Å². The highest BCUT2D eigenvalue weighted by Gasteiger charge is 2.37. The number of hydrogen-bond acceptors (Lipinski definition) is 2. The molecule has 1 aliphatic carbocycles. The van der Waals surface area contributed by atoms with Gasteiger partial charge in [0.15, 0.2) is 0 Å². The molecule has 0 spiro atoms. The summed E-state index contributed by atoms with van der Waals surface area (Å²) in [6.45, 7) is 2.59. The Morgan fingerprint density at radius 3 is 2.73 bits per heavy atom. The molecule has 0 aromatic carbocycles. The first kappa shape index (κ1) is 8.53. The standard InChI is InChI=1S/C8H16N2O/c1-2-7(11)10-6-5-8(9)3-4-8/h2-6,9H2,1H3,(H,10,11). The van der Waals surface area contributed by atoms with E-state index in [1.807, 2.05) is 6.92 Å². The van der Waals surface area contributed by atoms with Gasteiger partial charge in [0.05, 0.1) is 0 Å². The van der Waals surface area contributed by atoms with Gasteiger partial charge in [-0.25, -0.2) is 0 Å². The molecular formula is C8H16N2O. The predicted molar refractivity (Wildman–Crippen MR) is 44.1 cm³/mol. The van der Waals surface area contributed by atoms with Gasteiger partial charge in [-0.15, -0.1) is 0 Å². The molecule has 11 heavy (non-hydrogen) atoms. The number of carbonyl (C=O) groups excluding carboxylic acids is 1. The van der Waals surface area contributed by atoms with E-state index in [2.05, 4.69) is 5.32 Å². The molecule has 0 aliphatic heterocycles. The Labute approximate surface area is 67.3 Å². The van der Waals surface area contributed by atoms with Crippen molar-refractivity contribution in [2.24, 2.45) is 5.73 Å². The van der Waals surface area contributed by atoms with Gasteiger partial charge in [-0.1, -0.05) is 6.92 Å². The van der Waals surface area contributed by atoms with Crippen molar-refractivity contribution in [3.05, 3.63) is 0 Å². The summed E-state index contributed by atoms with van der Waals surface area (Å²) < 4.78 is 0. The first-order chi connectivity index (χ1) is 5.16. The fourth-order valence-corrected chi connectivity index (χ4v) is 0.986. The van der Waals surface area contributed by atoms with Crippen molar-refractivity contribution in [3.8, 4) is 0 Å². The zero-order valence-electron chi connectivity index (χ0n) is 7.02. The van der Waals surface area contributed by atoms with E-state index in [1.54, 1.807) is 0 Å². The number of nitrogens with one attached hydrogen (secondary N) is 1. The monoisotopic (exact) mass is 156 g/mol. The lowest BCUT2D eigenvalue weighted by Gasteiger charge is -2.08. The number of rotatable bonds is 4. The van der Waals surface area contributed by atoms with Gasteiger partial charge in [0, 0.05) is 18.5 Å². The fraction of sp³-hybridized carbons (Fsp3) is 0.875. The molecule has 3 N–H and O–H groups in total. The van der Waals surface area contributed by atoms with Crippen molar-refractivity contribution in [2.75, 3.05) is 6.54 Å². The molecule has 1 amide bonds. The average Bonchev–Trinajstić information content (AvgIpc) is 2.68. The summed E-state index contributed by atoms with van der Waals surface area (Å²) in [4.78, 5) is 10.8. The largest absolute Gasteiger partial charge is 0.356 e. The van der Waals surface area contributed by atoms with Gasteiger partial charge < -0.3 is 11.1 Å². The average molecular weight is 156 g/mol. The van der Waals surface area contributed by atoms with Gasteiger partial charge in [0.2, 0.25) is 5.91 Å². The van der Waals surface area contributed by atoms with E-state index in [1.165, 1.54) is 0 Å². The van der Waals surface area contributed by atoms with Crippen molar-refractivity contribution in [3.63, 3.8) is 0 Å². The molecule has 1 fully saturated rings. The highest BCUT2D eigenvalue weighted by Crippen LogP contribution is 2.34. The van der Waals surface area contributed by atoms with Gasteiger partial charge in [0.25, 0.3) is 0 Å². The van der Waals surface area contributed by atoms with Crippen LogP contribution < -0.4 is 11.1 Å². The Morgan fingerprint density at radius 2 is 2.27 bits per heavy atom. The van der Waals surface area contributed by atoms with Crippen molar-refractivity contribution < 1.29 is 4.79 Å². The highest BCUT2D eigenvalue weighted by atomic mass is 16.1. The number of hydrogen-bond donors (Lipinski definition) is 2. The van der Waals surface area contributed by atoms with Gasteiger partial charge in [-0.3, -0.25) is 4.79 Å². The Hall–Kier alpha value is -0.570. The summed E-state index contributed by atoms with van der Waals surface area (Å²) in [7, 11) is 0. The van der Waals surface area contributed by atoms with Crippen molar-refractivity contribution in [1.82, 2.24) is 5.32 Å². The van der Waals surface area contributed by atoms with Crippen LogP contribution in [0.15, 0.2) is 0 Å². The Morgan fingerprint density at radius 1 is 1.64 bits per heavy atom. The van der Waals surface area contributed by atoms with Crippen molar-refractivity contribution in [2.45, 2.75) is 38.1 Å². The molecule has 0 bridgehead atoms. The molecule has 1 rings (SSSR count). The van der Waals surface area contributed by atoms with Crippen LogP contribution in [0.4, 0.5) is 0 Å². The molecule has 0 atom stereocenters. The smallest absolute Gasteiger partial charge is 0.219 e. The molecule has 1 aliphatic rings. The highest BCUT2D eigenvalue weighted by molar-refractivity contribution is 5.75. The van der Waals surface area contributed by atoms with Crippen LogP contribution in [0.3, 0.4) is 0 Å². The second kappa shape index (κ2) is 3.22. The normalized spacial score (nSPS) is 19.5. The zero-order chi connectivity index (χ0) is 8.32. The van der Waals surface area contributed by atoms with E-state index < -0.39 is 0 Å². The number of carbonyl (C=O) groups is 1. The molecule has 3 heteroatoms. The SMILES string of the molecule is CCC(=O)NCCC1(N)CC1. The quantitative estimate of drug-likeness (QED) is 0.618. The minimum absolute atomic E-state index is 0.0705. The first-order valence-corrected chi connectivity index (χ1v) is 4.22. The molecule has 0 aromatic rings. The minimum Gasteiger partial charge on any atom is -0.356 e. The second-order valence-electron chi connectivity index (χ2n) is 3.32. The lowest BCUT2D eigenvalue weighted by molar-refractivity contribution is -0.120. The van der Waals surface area contributed by atoms with Crippen LogP contribution in [0.25, 0.3) is 0 Å². The zero-order valence-corrected chi connectivity index (χ0v) is 7.02. The lowest BCUT2D eigenvalue weighted by Crippen LogP contribution is -2.31. The number of amides is 1. The van der Waals surface area contributed by atoms with Gasteiger partial charge in [-0.05, 0) is 19.3 Å². The van der Waals surface area contributed by atoms with Gasteiger partial charge >= 0.3 is 0 Å². The van der Waals surface area contributed by atoms with Crippen LogP contribution >= 0.6 is 0 Å². The van der Waals surface area contributed by atoms with E-state index in [-0.39, 0.29) is 11.4 Å². The van der Waals surface area contributed by atoms with Crippen molar-refractivity contribution >= 4 is 5.91 Å². The molecule has 0 unspecified atom stereocenters. The molecule has 0 saturated heterocycles. The second-order valence-corrected chi connectivity index (χ2v) is 3.32. The Balaban J connectivity index is 2.00. The third kappa shape index (κ3) is 2.89. The maximum absolute atomic E-state index is 10.8. The van der Waals surface area contributed by atoms with Crippen LogP contribution in [-0.2, 0) is 4.79 Å². The molecule has 64 valence electrons.